The number of carbonyl (C=O) groups excluding carboxylic acids is 1. The van der Waals surface area contributed by atoms with E-state index in [0.29, 0.717) is 10.9 Å². The summed E-state index contributed by atoms with van der Waals surface area (Å²) in [5.74, 6) is -0.544. The fraction of sp³-hybridized carbons (Fsp3) is 0.286. The first-order chi connectivity index (χ1) is 10.4. The molecule has 0 unspecified atom stereocenters. The van der Waals surface area contributed by atoms with Crippen LogP contribution >= 0.6 is 0 Å². The molecule has 0 spiro atoms. The summed E-state index contributed by atoms with van der Waals surface area (Å²) < 4.78 is 40.0. The standard InChI is InChI=1S/C14H13F3N2O3/c15-14(16,17)8-22-6-5-18-13(21)10-7-12(20)19-11-4-2-1-3-9(10)11/h1-4,7H,5-6,8H2,(H,18,21)(H,19,20). The summed E-state index contributed by atoms with van der Waals surface area (Å²) in [4.78, 5) is 26.1. The molecule has 0 saturated carbocycles. The number of benzene rings is 1. The van der Waals surface area contributed by atoms with E-state index in [1.807, 2.05) is 0 Å². The third-order valence-electron chi connectivity index (χ3n) is 2.79. The lowest BCUT2D eigenvalue weighted by molar-refractivity contribution is -0.173. The average Bonchev–Trinajstić information content (AvgIpc) is 2.44. The summed E-state index contributed by atoms with van der Waals surface area (Å²) in [6, 6.07) is 7.89. The van der Waals surface area contributed by atoms with Crippen LogP contribution in [-0.2, 0) is 4.74 Å². The van der Waals surface area contributed by atoms with Crippen molar-refractivity contribution in [2.45, 2.75) is 6.18 Å². The van der Waals surface area contributed by atoms with Gasteiger partial charge in [0.2, 0.25) is 5.56 Å². The summed E-state index contributed by atoms with van der Waals surface area (Å²) in [6.07, 6.45) is -4.40. The Labute approximate surface area is 123 Å². The van der Waals surface area contributed by atoms with E-state index >= 15 is 0 Å². The molecule has 8 heteroatoms. The number of pyridine rings is 1. The molecule has 0 saturated heterocycles. The number of aromatic amines is 1. The van der Waals surface area contributed by atoms with Gasteiger partial charge in [0.15, 0.2) is 0 Å². The number of halogens is 3. The van der Waals surface area contributed by atoms with E-state index in [1.54, 1.807) is 24.3 Å². The van der Waals surface area contributed by atoms with Crippen molar-refractivity contribution in [2.75, 3.05) is 19.8 Å². The van der Waals surface area contributed by atoms with Crippen LogP contribution in [0.5, 0.6) is 0 Å². The van der Waals surface area contributed by atoms with Crippen LogP contribution in [0.15, 0.2) is 35.1 Å². The molecule has 22 heavy (non-hydrogen) atoms. The van der Waals surface area contributed by atoms with Crippen molar-refractivity contribution in [3.8, 4) is 0 Å². The molecule has 0 aliphatic carbocycles. The highest BCUT2D eigenvalue weighted by Crippen LogP contribution is 2.15. The fourth-order valence-electron chi connectivity index (χ4n) is 1.91. The first kappa shape index (κ1) is 16.0. The highest BCUT2D eigenvalue weighted by molar-refractivity contribution is 6.05. The number of nitrogens with one attached hydrogen (secondary N) is 2. The SMILES string of the molecule is O=C(NCCOCC(F)(F)F)c1cc(=O)[nH]c2ccccc12. The van der Waals surface area contributed by atoms with Crippen molar-refractivity contribution in [2.24, 2.45) is 0 Å². The van der Waals surface area contributed by atoms with E-state index in [2.05, 4.69) is 15.0 Å². The minimum Gasteiger partial charge on any atom is -0.370 e. The van der Waals surface area contributed by atoms with E-state index in [-0.39, 0.29) is 18.7 Å². The molecule has 2 N–H and O–H groups in total. The fourth-order valence-corrected chi connectivity index (χ4v) is 1.91. The first-order valence-electron chi connectivity index (χ1n) is 6.41. The second kappa shape index (κ2) is 6.61. The van der Waals surface area contributed by atoms with Gasteiger partial charge in [0, 0.05) is 23.5 Å². The minimum absolute atomic E-state index is 0.0873. The zero-order chi connectivity index (χ0) is 16.2. The third-order valence-corrected chi connectivity index (χ3v) is 2.79. The molecule has 2 aromatic rings. The topological polar surface area (TPSA) is 71.2 Å². The van der Waals surface area contributed by atoms with Gasteiger partial charge < -0.3 is 15.0 Å². The number of aromatic nitrogens is 1. The Morgan fingerprint density at radius 2 is 2.00 bits per heavy atom. The second-order valence-electron chi connectivity index (χ2n) is 4.52. The van der Waals surface area contributed by atoms with Crippen LogP contribution in [0.1, 0.15) is 10.4 Å². The zero-order valence-electron chi connectivity index (χ0n) is 11.4. The Morgan fingerprint density at radius 3 is 2.73 bits per heavy atom. The number of amides is 1. The second-order valence-corrected chi connectivity index (χ2v) is 4.52. The molecular weight excluding hydrogens is 301 g/mol. The molecule has 118 valence electrons. The Kier molecular flexibility index (Phi) is 4.81. The number of hydrogen-bond donors (Lipinski definition) is 2. The molecule has 1 amide bonds. The maximum absolute atomic E-state index is 12.0. The Balaban J connectivity index is 2.00. The molecule has 1 aromatic carbocycles. The number of rotatable bonds is 5. The van der Waals surface area contributed by atoms with Gasteiger partial charge >= 0.3 is 6.18 Å². The summed E-state index contributed by atoms with van der Waals surface area (Å²) in [6.45, 7) is -1.72. The normalized spacial score (nSPS) is 11.6. The van der Waals surface area contributed by atoms with Crippen molar-refractivity contribution in [3.05, 3.63) is 46.2 Å². The summed E-state index contributed by atoms with van der Waals surface area (Å²) in [5, 5.41) is 2.97. The van der Waals surface area contributed by atoms with Crippen molar-refractivity contribution in [1.29, 1.82) is 0 Å². The summed E-state index contributed by atoms with van der Waals surface area (Å²) in [5.41, 5.74) is 0.237. The number of para-hydroxylation sites is 1. The third kappa shape index (κ3) is 4.32. The van der Waals surface area contributed by atoms with Gasteiger partial charge in [-0.1, -0.05) is 18.2 Å². The molecule has 2 rings (SSSR count). The molecular formula is C14H13F3N2O3. The van der Waals surface area contributed by atoms with Crippen molar-refractivity contribution < 1.29 is 22.7 Å². The maximum atomic E-state index is 12.0. The highest BCUT2D eigenvalue weighted by atomic mass is 19.4. The summed E-state index contributed by atoms with van der Waals surface area (Å²) in [7, 11) is 0. The molecule has 0 bridgehead atoms. The van der Waals surface area contributed by atoms with E-state index in [4.69, 9.17) is 0 Å². The van der Waals surface area contributed by atoms with E-state index < -0.39 is 24.2 Å². The lowest BCUT2D eigenvalue weighted by atomic mass is 10.1. The largest absolute Gasteiger partial charge is 0.411 e. The van der Waals surface area contributed by atoms with Gasteiger partial charge in [-0.3, -0.25) is 9.59 Å². The number of H-pyrrole nitrogens is 1. The minimum atomic E-state index is -4.40. The van der Waals surface area contributed by atoms with Gasteiger partial charge in [0.1, 0.15) is 6.61 Å². The molecule has 1 aromatic heterocycles. The van der Waals surface area contributed by atoms with Crippen LogP contribution in [0, 0.1) is 0 Å². The van der Waals surface area contributed by atoms with Crippen molar-refractivity contribution in [3.63, 3.8) is 0 Å². The lowest BCUT2D eigenvalue weighted by Crippen LogP contribution is -2.29. The van der Waals surface area contributed by atoms with Crippen LogP contribution in [0.3, 0.4) is 0 Å². The van der Waals surface area contributed by atoms with E-state index in [0.717, 1.165) is 6.07 Å². The molecule has 0 aliphatic rings. The maximum Gasteiger partial charge on any atom is 0.411 e. The lowest BCUT2D eigenvalue weighted by Gasteiger charge is -2.09. The molecule has 0 radical (unpaired) electrons. The van der Waals surface area contributed by atoms with Gasteiger partial charge in [0.25, 0.3) is 5.91 Å². The molecule has 0 atom stereocenters. The Morgan fingerprint density at radius 1 is 1.27 bits per heavy atom. The van der Waals surface area contributed by atoms with Crippen LogP contribution in [-0.4, -0.2) is 36.8 Å². The van der Waals surface area contributed by atoms with Gasteiger partial charge in [-0.25, -0.2) is 0 Å². The Bertz CT molecular complexity index is 725. The number of alkyl halides is 3. The molecule has 0 fully saturated rings. The Hall–Kier alpha value is -2.35. The van der Waals surface area contributed by atoms with Crippen LogP contribution in [0.25, 0.3) is 10.9 Å². The smallest absolute Gasteiger partial charge is 0.370 e. The zero-order valence-corrected chi connectivity index (χ0v) is 11.4. The predicted molar refractivity (Wildman–Crippen MR) is 73.8 cm³/mol. The molecule has 5 nitrogen and oxygen atoms in total. The number of carbonyl (C=O) groups is 1. The first-order valence-corrected chi connectivity index (χ1v) is 6.41. The van der Waals surface area contributed by atoms with Crippen LogP contribution in [0.2, 0.25) is 0 Å². The van der Waals surface area contributed by atoms with Gasteiger partial charge in [-0.2, -0.15) is 13.2 Å². The van der Waals surface area contributed by atoms with E-state index in [9.17, 15) is 22.8 Å². The summed E-state index contributed by atoms with van der Waals surface area (Å²) >= 11 is 0. The highest BCUT2D eigenvalue weighted by Gasteiger charge is 2.27. The van der Waals surface area contributed by atoms with Crippen molar-refractivity contribution >= 4 is 16.8 Å². The van der Waals surface area contributed by atoms with E-state index in [1.165, 1.54) is 0 Å². The van der Waals surface area contributed by atoms with Gasteiger partial charge in [0.05, 0.1) is 12.2 Å². The average molecular weight is 314 g/mol. The molecule has 0 aliphatic heterocycles. The molecule has 1 heterocycles. The van der Waals surface area contributed by atoms with Gasteiger partial charge in [-0.05, 0) is 6.07 Å². The number of hydrogen-bond acceptors (Lipinski definition) is 3. The number of ether oxygens (including phenoxy) is 1. The van der Waals surface area contributed by atoms with Crippen LogP contribution in [0.4, 0.5) is 13.2 Å². The van der Waals surface area contributed by atoms with Gasteiger partial charge in [-0.15, -0.1) is 0 Å². The number of fused-ring (bicyclic) bond motifs is 1. The quantitative estimate of drug-likeness (QED) is 0.827. The monoisotopic (exact) mass is 314 g/mol. The van der Waals surface area contributed by atoms with Crippen molar-refractivity contribution in [1.82, 2.24) is 10.3 Å². The van der Waals surface area contributed by atoms with Crippen LogP contribution < -0.4 is 10.9 Å². The predicted octanol–water partition coefficient (Wildman–Crippen LogP) is 1.84.